The third-order valence-corrected chi connectivity index (χ3v) is 2.63. The summed E-state index contributed by atoms with van der Waals surface area (Å²) in [5.41, 5.74) is 0. The summed E-state index contributed by atoms with van der Waals surface area (Å²) in [6, 6.07) is 0. The molecule has 0 aliphatic carbocycles. The Hall–Kier alpha value is -0.0800. The van der Waals surface area contributed by atoms with E-state index in [9.17, 15) is 0 Å². The van der Waals surface area contributed by atoms with E-state index in [1.807, 2.05) is 0 Å². The van der Waals surface area contributed by atoms with Crippen LogP contribution in [0.3, 0.4) is 0 Å². The molecule has 0 rings (SSSR count). The van der Waals surface area contributed by atoms with Gasteiger partial charge in [-0.2, -0.15) is 0 Å². The average molecular weight is 186 g/mol. The summed E-state index contributed by atoms with van der Waals surface area (Å²) in [5.74, 6) is 0.782. The topological polar surface area (TPSA) is 6.48 Å². The van der Waals surface area contributed by atoms with Gasteiger partial charge in [-0.05, 0) is 32.6 Å². The van der Waals surface area contributed by atoms with E-state index in [4.69, 9.17) is 0 Å². The van der Waals surface area contributed by atoms with Crippen molar-refractivity contribution in [3.63, 3.8) is 0 Å². The average Bonchev–Trinajstić information content (AvgIpc) is 2.13. The van der Waals surface area contributed by atoms with E-state index < -0.39 is 0 Å². The number of hydrogen-bond donors (Lipinski definition) is 0. The lowest BCUT2D eigenvalue weighted by Gasteiger charge is -2.25. The minimum atomic E-state index is 0.782. The predicted molar refractivity (Wildman–Crippen MR) is 60.1 cm³/mol. The zero-order valence-electron chi connectivity index (χ0n) is 10.0. The minimum absolute atomic E-state index is 0.782. The summed E-state index contributed by atoms with van der Waals surface area (Å²) < 4.78 is 0. The van der Waals surface area contributed by atoms with Gasteiger partial charge < -0.3 is 9.80 Å². The first-order valence-electron chi connectivity index (χ1n) is 5.54. The largest absolute Gasteiger partial charge is 0.306 e. The summed E-state index contributed by atoms with van der Waals surface area (Å²) in [5, 5.41) is 0. The Labute approximate surface area is 83.9 Å². The van der Waals surface area contributed by atoms with Crippen molar-refractivity contribution in [3.05, 3.63) is 0 Å². The van der Waals surface area contributed by atoms with Gasteiger partial charge in [-0.25, -0.2) is 0 Å². The SMILES string of the molecule is CCN(C)CC(C)CN(CC)CC. The Kier molecular flexibility index (Phi) is 7.29. The van der Waals surface area contributed by atoms with Crippen molar-refractivity contribution in [1.29, 1.82) is 0 Å². The van der Waals surface area contributed by atoms with Crippen LogP contribution in [0.5, 0.6) is 0 Å². The van der Waals surface area contributed by atoms with E-state index in [2.05, 4.69) is 44.5 Å². The molecule has 0 amide bonds. The van der Waals surface area contributed by atoms with Crippen LogP contribution in [0.2, 0.25) is 0 Å². The van der Waals surface area contributed by atoms with Gasteiger partial charge >= 0.3 is 0 Å². The molecule has 0 bridgehead atoms. The van der Waals surface area contributed by atoms with Gasteiger partial charge in [-0.3, -0.25) is 0 Å². The van der Waals surface area contributed by atoms with Gasteiger partial charge in [0.2, 0.25) is 0 Å². The van der Waals surface area contributed by atoms with Crippen LogP contribution < -0.4 is 0 Å². The van der Waals surface area contributed by atoms with Crippen molar-refractivity contribution in [2.45, 2.75) is 27.7 Å². The molecule has 1 atom stereocenters. The van der Waals surface area contributed by atoms with Crippen LogP contribution in [-0.4, -0.2) is 49.6 Å². The minimum Gasteiger partial charge on any atom is -0.306 e. The van der Waals surface area contributed by atoms with Gasteiger partial charge in [-0.15, -0.1) is 0 Å². The monoisotopic (exact) mass is 186 g/mol. The fraction of sp³-hybridized carbons (Fsp3) is 1.00. The molecule has 2 heteroatoms. The molecule has 13 heavy (non-hydrogen) atoms. The van der Waals surface area contributed by atoms with Crippen molar-refractivity contribution in [1.82, 2.24) is 9.80 Å². The number of hydrogen-bond acceptors (Lipinski definition) is 2. The normalized spacial score (nSPS) is 14.1. The van der Waals surface area contributed by atoms with Gasteiger partial charge in [0.05, 0.1) is 0 Å². The molecule has 0 aromatic heterocycles. The molecule has 0 radical (unpaired) electrons. The lowest BCUT2D eigenvalue weighted by molar-refractivity contribution is 0.217. The van der Waals surface area contributed by atoms with Gasteiger partial charge in [0.15, 0.2) is 0 Å². The lowest BCUT2D eigenvalue weighted by atomic mass is 10.1. The highest BCUT2D eigenvalue weighted by Gasteiger charge is 2.08. The molecule has 0 fully saturated rings. The maximum Gasteiger partial charge on any atom is 0.00190 e. The molecule has 0 saturated heterocycles. The van der Waals surface area contributed by atoms with E-state index in [0.29, 0.717) is 0 Å². The molecule has 0 N–H and O–H groups in total. The fourth-order valence-corrected chi connectivity index (χ4v) is 1.64. The summed E-state index contributed by atoms with van der Waals surface area (Å²) >= 11 is 0. The maximum atomic E-state index is 2.49. The molecule has 0 aliphatic heterocycles. The third kappa shape index (κ3) is 6.05. The van der Waals surface area contributed by atoms with Gasteiger partial charge in [-0.1, -0.05) is 27.7 Å². The molecular formula is C11H26N2. The van der Waals surface area contributed by atoms with Gasteiger partial charge in [0, 0.05) is 13.1 Å². The Morgan fingerprint density at radius 2 is 1.46 bits per heavy atom. The smallest absolute Gasteiger partial charge is 0.00190 e. The second-order valence-corrected chi connectivity index (χ2v) is 3.95. The number of rotatable bonds is 7. The molecule has 0 saturated carbocycles. The second-order valence-electron chi connectivity index (χ2n) is 3.95. The quantitative estimate of drug-likeness (QED) is 0.599. The first kappa shape index (κ1) is 12.9. The highest BCUT2D eigenvalue weighted by Crippen LogP contribution is 2.01. The van der Waals surface area contributed by atoms with Gasteiger partial charge in [0.1, 0.15) is 0 Å². The zero-order chi connectivity index (χ0) is 10.3. The van der Waals surface area contributed by atoms with Crippen molar-refractivity contribution in [2.75, 3.05) is 39.8 Å². The first-order valence-corrected chi connectivity index (χ1v) is 5.54. The molecule has 0 heterocycles. The summed E-state index contributed by atoms with van der Waals surface area (Å²) in [6.45, 7) is 15.0. The summed E-state index contributed by atoms with van der Waals surface area (Å²) in [6.07, 6.45) is 0. The lowest BCUT2D eigenvalue weighted by Crippen LogP contribution is -2.34. The van der Waals surface area contributed by atoms with E-state index in [1.165, 1.54) is 26.2 Å². The van der Waals surface area contributed by atoms with E-state index in [1.54, 1.807) is 0 Å². The molecule has 80 valence electrons. The molecule has 0 aromatic rings. The standard InChI is InChI=1S/C11H26N2/c1-6-12(5)9-11(4)10-13(7-2)8-3/h11H,6-10H2,1-5H3. The third-order valence-electron chi connectivity index (χ3n) is 2.63. The van der Waals surface area contributed by atoms with Crippen LogP contribution in [0.1, 0.15) is 27.7 Å². The Morgan fingerprint density at radius 3 is 1.85 bits per heavy atom. The molecular weight excluding hydrogens is 160 g/mol. The Balaban J connectivity index is 3.65. The van der Waals surface area contributed by atoms with Crippen LogP contribution in [0.25, 0.3) is 0 Å². The van der Waals surface area contributed by atoms with E-state index in [-0.39, 0.29) is 0 Å². The molecule has 2 nitrogen and oxygen atoms in total. The maximum absolute atomic E-state index is 2.49. The van der Waals surface area contributed by atoms with Crippen LogP contribution in [0.4, 0.5) is 0 Å². The van der Waals surface area contributed by atoms with Crippen LogP contribution >= 0.6 is 0 Å². The highest BCUT2D eigenvalue weighted by atomic mass is 15.1. The van der Waals surface area contributed by atoms with Crippen LogP contribution in [0, 0.1) is 5.92 Å². The fourth-order valence-electron chi connectivity index (χ4n) is 1.64. The molecule has 1 unspecified atom stereocenters. The molecule has 0 aromatic carbocycles. The van der Waals surface area contributed by atoms with Crippen molar-refractivity contribution in [2.24, 2.45) is 5.92 Å². The van der Waals surface area contributed by atoms with E-state index in [0.717, 1.165) is 12.5 Å². The zero-order valence-corrected chi connectivity index (χ0v) is 10.0. The van der Waals surface area contributed by atoms with Crippen LogP contribution in [0.15, 0.2) is 0 Å². The van der Waals surface area contributed by atoms with Crippen molar-refractivity contribution < 1.29 is 0 Å². The van der Waals surface area contributed by atoms with Crippen LogP contribution in [-0.2, 0) is 0 Å². The van der Waals surface area contributed by atoms with Crippen molar-refractivity contribution >= 4 is 0 Å². The van der Waals surface area contributed by atoms with Gasteiger partial charge in [0.25, 0.3) is 0 Å². The Bertz CT molecular complexity index is 111. The molecule has 0 aliphatic rings. The van der Waals surface area contributed by atoms with Crippen molar-refractivity contribution in [3.8, 4) is 0 Å². The molecule has 0 spiro atoms. The summed E-state index contributed by atoms with van der Waals surface area (Å²) in [7, 11) is 2.19. The predicted octanol–water partition coefficient (Wildman–Crippen LogP) is 1.92. The Morgan fingerprint density at radius 1 is 0.923 bits per heavy atom. The van der Waals surface area contributed by atoms with E-state index >= 15 is 0 Å². The summed E-state index contributed by atoms with van der Waals surface area (Å²) in [4.78, 5) is 4.88. The first-order chi connectivity index (χ1) is 6.13. The number of nitrogens with zero attached hydrogens (tertiary/aromatic N) is 2. The highest BCUT2D eigenvalue weighted by molar-refractivity contribution is 4.63. The second kappa shape index (κ2) is 7.34.